The van der Waals surface area contributed by atoms with Crippen LogP contribution < -0.4 is 5.32 Å². The van der Waals surface area contributed by atoms with Gasteiger partial charge in [-0.05, 0) is 17.7 Å². The normalized spacial score (nSPS) is 8.09. The second-order valence-electron chi connectivity index (χ2n) is 1.99. The van der Waals surface area contributed by atoms with Gasteiger partial charge in [-0.15, -0.1) is 12.4 Å². The summed E-state index contributed by atoms with van der Waals surface area (Å²) in [4.78, 5) is 0. The Balaban J connectivity index is 0.000001000. The zero-order valence-corrected chi connectivity index (χ0v) is 7.84. The molecule has 1 aromatic carbocycles. The molecule has 0 radical (unpaired) electrons. The molecule has 3 heteroatoms. The third-order valence-corrected chi connectivity index (χ3v) is 1.58. The molecule has 0 spiro atoms. The Morgan fingerprint density at radius 1 is 1.45 bits per heavy atom. The van der Waals surface area contributed by atoms with Gasteiger partial charge in [0, 0.05) is 18.1 Å². The highest BCUT2D eigenvalue weighted by Crippen LogP contribution is 2.07. The van der Waals surface area contributed by atoms with Gasteiger partial charge < -0.3 is 5.32 Å². The average molecular weight is 188 g/mol. The van der Waals surface area contributed by atoms with Gasteiger partial charge in [0.25, 0.3) is 0 Å². The molecule has 0 bridgehead atoms. The summed E-state index contributed by atoms with van der Waals surface area (Å²) < 4.78 is 0. The van der Waals surface area contributed by atoms with E-state index < -0.39 is 0 Å². The van der Waals surface area contributed by atoms with Crippen molar-refractivity contribution in [1.29, 1.82) is 0 Å². The van der Waals surface area contributed by atoms with Crippen molar-refractivity contribution in [1.82, 2.24) is 0 Å². The van der Waals surface area contributed by atoms with Crippen LogP contribution in [0.25, 0.3) is 0 Å². The van der Waals surface area contributed by atoms with Crippen molar-refractivity contribution in [2.45, 2.75) is 0 Å². The topological polar surface area (TPSA) is 12.0 Å². The van der Waals surface area contributed by atoms with E-state index in [0.29, 0.717) is 0 Å². The molecular weight excluding hydrogens is 178 g/mol. The maximum absolute atomic E-state index is 4.77. The second kappa shape index (κ2) is 5.10. The molecular formula is C8H10ClNS. The molecule has 0 saturated carbocycles. The Bertz CT molecular complexity index is 237. The predicted molar refractivity (Wildman–Crippen MR) is 56.0 cm³/mol. The molecule has 11 heavy (non-hydrogen) atoms. The zero-order valence-electron chi connectivity index (χ0n) is 6.20. The Hall–Kier alpha value is -0.600. The van der Waals surface area contributed by atoms with Crippen LogP contribution in [0.5, 0.6) is 0 Å². The number of anilines is 1. The van der Waals surface area contributed by atoms with Crippen LogP contribution in [0.3, 0.4) is 0 Å². The third kappa shape index (κ3) is 2.87. The molecule has 1 N–H and O–H groups in total. The summed E-state index contributed by atoms with van der Waals surface area (Å²) in [6.45, 7) is 0. The molecule has 60 valence electrons. The van der Waals surface area contributed by atoms with Gasteiger partial charge in [-0.25, -0.2) is 0 Å². The summed E-state index contributed by atoms with van der Waals surface area (Å²) in [5.41, 5.74) is 2.17. The smallest absolute Gasteiger partial charge is 0.0343 e. The van der Waals surface area contributed by atoms with Crippen molar-refractivity contribution in [3.8, 4) is 0 Å². The van der Waals surface area contributed by atoms with Crippen LogP contribution in [0.1, 0.15) is 5.56 Å². The lowest BCUT2D eigenvalue weighted by molar-refractivity contribution is 1.51. The molecule has 0 fully saturated rings. The summed E-state index contributed by atoms with van der Waals surface area (Å²) in [7, 11) is 1.89. The highest BCUT2D eigenvalue weighted by Gasteiger charge is 1.87. The summed E-state index contributed by atoms with van der Waals surface area (Å²) in [5.74, 6) is 0. The number of halogens is 1. The lowest BCUT2D eigenvalue weighted by Gasteiger charge is -1.98. The van der Waals surface area contributed by atoms with Crippen molar-refractivity contribution < 1.29 is 0 Å². The first-order chi connectivity index (χ1) is 4.86. The maximum Gasteiger partial charge on any atom is 0.0343 e. The fourth-order valence-electron chi connectivity index (χ4n) is 0.767. The summed E-state index contributed by atoms with van der Waals surface area (Å²) in [6.07, 6.45) is 0. The van der Waals surface area contributed by atoms with Gasteiger partial charge in [-0.3, -0.25) is 0 Å². The Morgan fingerprint density at radius 2 is 2.18 bits per heavy atom. The summed E-state index contributed by atoms with van der Waals surface area (Å²) in [5, 5.41) is 4.70. The standard InChI is InChI=1S/C8H9NS.ClH/c1-9-8-4-2-3-7(5-8)6-10;/h2-6,9H,1H3;1H. The second-order valence-corrected chi connectivity index (χ2v) is 2.23. The summed E-state index contributed by atoms with van der Waals surface area (Å²) in [6, 6.07) is 7.97. The molecule has 0 aliphatic heterocycles. The molecule has 0 aliphatic rings. The van der Waals surface area contributed by atoms with Crippen molar-refractivity contribution in [2.24, 2.45) is 0 Å². The van der Waals surface area contributed by atoms with E-state index in [4.69, 9.17) is 12.2 Å². The molecule has 0 amide bonds. The van der Waals surface area contributed by atoms with Gasteiger partial charge in [0.15, 0.2) is 0 Å². The van der Waals surface area contributed by atoms with Crippen molar-refractivity contribution in [2.75, 3.05) is 12.4 Å². The lowest BCUT2D eigenvalue weighted by Crippen LogP contribution is -1.88. The van der Waals surface area contributed by atoms with Crippen LogP contribution in [0.2, 0.25) is 0 Å². The average Bonchev–Trinajstić information content (AvgIpc) is 2.05. The SMILES string of the molecule is CNc1cccc(C=S)c1.Cl. The van der Waals surface area contributed by atoms with Crippen LogP contribution in [0.4, 0.5) is 5.69 Å². The number of benzene rings is 1. The summed E-state index contributed by atoms with van der Waals surface area (Å²) >= 11 is 4.77. The number of rotatable bonds is 2. The predicted octanol–water partition coefficient (Wildman–Crippen LogP) is 2.50. The Morgan fingerprint density at radius 3 is 2.73 bits per heavy atom. The van der Waals surface area contributed by atoms with E-state index in [9.17, 15) is 0 Å². The third-order valence-electron chi connectivity index (χ3n) is 1.31. The molecule has 1 nitrogen and oxygen atoms in total. The molecule has 1 aromatic rings. The largest absolute Gasteiger partial charge is 0.388 e. The Kier molecular flexibility index (Phi) is 4.83. The number of thiocarbonyl (C=S) groups is 1. The number of nitrogens with one attached hydrogen (secondary N) is 1. The van der Waals surface area contributed by atoms with E-state index in [1.807, 2.05) is 31.3 Å². The van der Waals surface area contributed by atoms with Crippen LogP contribution in [0.15, 0.2) is 24.3 Å². The van der Waals surface area contributed by atoms with E-state index in [1.54, 1.807) is 5.37 Å². The van der Waals surface area contributed by atoms with Gasteiger partial charge in [-0.1, -0.05) is 24.4 Å². The molecule has 0 heterocycles. The highest BCUT2D eigenvalue weighted by atomic mass is 35.5. The first kappa shape index (κ1) is 10.4. The molecule has 0 aromatic heterocycles. The fourth-order valence-corrected chi connectivity index (χ4v) is 0.914. The first-order valence-electron chi connectivity index (χ1n) is 3.10. The van der Waals surface area contributed by atoms with Crippen LogP contribution >= 0.6 is 24.6 Å². The lowest BCUT2D eigenvalue weighted by atomic mass is 10.2. The van der Waals surface area contributed by atoms with E-state index in [0.717, 1.165) is 11.3 Å². The fraction of sp³-hybridized carbons (Fsp3) is 0.125. The van der Waals surface area contributed by atoms with Crippen molar-refractivity contribution >= 4 is 35.7 Å². The first-order valence-corrected chi connectivity index (χ1v) is 3.57. The molecule has 0 unspecified atom stereocenters. The molecule has 0 saturated heterocycles. The quantitative estimate of drug-likeness (QED) is 0.715. The van der Waals surface area contributed by atoms with Crippen LogP contribution in [-0.2, 0) is 0 Å². The van der Waals surface area contributed by atoms with E-state index >= 15 is 0 Å². The van der Waals surface area contributed by atoms with Crippen molar-refractivity contribution in [3.63, 3.8) is 0 Å². The molecule has 1 rings (SSSR count). The van der Waals surface area contributed by atoms with Crippen LogP contribution in [-0.4, -0.2) is 12.4 Å². The number of hydrogen-bond acceptors (Lipinski definition) is 2. The maximum atomic E-state index is 4.77. The van der Waals surface area contributed by atoms with Crippen LogP contribution in [0, 0.1) is 0 Å². The number of hydrogen-bond donors (Lipinski definition) is 1. The van der Waals surface area contributed by atoms with Gasteiger partial charge in [0.05, 0.1) is 0 Å². The minimum Gasteiger partial charge on any atom is -0.388 e. The highest BCUT2D eigenvalue weighted by molar-refractivity contribution is 7.79. The molecule has 0 aliphatic carbocycles. The van der Waals surface area contributed by atoms with E-state index in [2.05, 4.69) is 5.32 Å². The monoisotopic (exact) mass is 187 g/mol. The van der Waals surface area contributed by atoms with Gasteiger partial charge in [-0.2, -0.15) is 0 Å². The van der Waals surface area contributed by atoms with Gasteiger partial charge in [0.2, 0.25) is 0 Å². The van der Waals surface area contributed by atoms with Gasteiger partial charge in [0.1, 0.15) is 0 Å². The van der Waals surface area contributed by atoms with E-state index in [-0.39, 0.29) is 12.4 Å². The molecule has 0 atom stereocenters. The minimum absolute atomic E-state index is 0. The minimum atomic E-state index is 0. The van der Waals surface area contributed by atoms with E-state index in [1.165, 1.54) is 0 Å². The zero-order chi connectivity index (χ0) is 7.40. The van der Waals surface area contributed by atoms with Crippen molar-refractivity contribution in [3.05, 3.63) is 29.8 Å². The Labute approximate surface area is 78.2 Å². The van der Waals surface area contributed by atoms with Gasteiger partial charge >= 0.3 is 0 Å².